The molecule has 122 valence electrons. The molecule has 2 heterocycles. The van der Waals surface area contributed by atoms with E-state index in [1.807, 2.05) is 53.2 Å². The average Bonchev–Trinajstić information content (AvgIpc) is 3.26. The number of thiazole rings is 1. The van der Waals surface area contributed by atoms with Crippen molar-refractivity contribution in [1.29, 1.82) is 10.5 Å². The fourth-order valence-electron chi connectivity index (χ4n) is 2.39. The van der Waals surface area contributed by atoms with Crippen LogP contribution in [0.1, 0.15) is 18.1 Å². The zero-order valence-corrected chi connectivity index (χ0v) is 15.0. The summed E-state index contributed by atoms with van der Waals surface area (Å²) in [6, 6.07) is 13.3. The molecule has 1 aromatic carbocycles. The Morgan fingerprint density at radius 3 is 2.48 bits per heavy atom. The lowest BCUT2D eigenvalue weighted by atomic mass is 10.1. The molecule has 0 spiro atoms. The maximum absolute atomic E-state index is 12.9. The molecule has 3 aromatic rings. The lowest BCUT2D eigenvalue weighted by Gasteiger charge is -2.03. The first-order valence-electron chi connectivity index (χ1n) is 7.57. The number of aromatic nitrogens is 1. The summed E-state index contributed by atoms with van der Waals surface area (Å²) in [5.41, 5.74) is 2.45. The van der Waals surface area contributed by atoms with Gasteiger partial charge in [0, 0.05) is 0 Å². The van der Waals surface area contributed by atoms with E-state index >= 15 is 0 Å². The fourth-order valence-corrected chi connectivity index (χ4v) is 4.07. The van der Waals surface area contributed by atoms with Gasteiger partial charge in [0.25, 0.3) is 5.56 Å². The van der Waals surface area contributed by atoms with Crippen LogP contribution in [0, 0.1) is 22.7 Å². The summed E-state index contributed by atoms with van der Waals surface area (Å²) in [7, 11) is 0. The van der Waals surface area contributed by atoms with Crippen LogP contribution in [-0.2, 0) is 6.42 Å². The molecule has 0 radical (unpaired) electrons. The second kappa shape index (κ2) is 7.31. The van der Waals surface area contributed by atoms with Gasteiger partial charge >= 0.3 is 0 Å². The largest absolute Gasteiger partial charge is 0.273 e. The summed E-state index contributed by atoms with van der Waals surface area (Å²) in [5.74, 6) is 0. The van der Waals surface area contributed by atoms with E-state index in [4.69, 9.17) is 0 Å². The van der Waals surface area contributed by atoms with E-state index in [0.29, 0.717) is 14.9 Å². The Balaban J connectivity index is 2.36. The molecule has 0 atom stereocenters. The number of aryl methyl sites for hydroxylation is 1. The summed E-state index contributed by atoms with van der Waals surface area (Å²) in [6.45, 7) is 2.06. The minimum absolute atomic E-state index is 0.0633. The van der Waals surface area contributed by atoms with Gasteiger partial charge in [-0.3, -0.25) is 9.36 Å². The molecule has 0 amide bonds. The minimum Gasteiger partial charge on any atom is -0.267 e. The molecule has 0 saturated carbocycles. The monoisotopic (exact) mass is 363 g/mol. The topological polar surface area (TPSA) is 69.6 Å². The van der Waals surface area contributed by atoms with Crippen molar-refractivity contribution in [2.24, 2.45) is 0 Å². The third kappa shape index (κ3) is 3.32. The lowest BCUT2D eigenvalue weighted by Crippen LogP contribution is -2.30. The van der Waals surface area contributed by atoms with Gasteiger partial charge in [0.2, 0.25) is 0 Å². The molecule has 2 aromatic heterocycles. The van der Waals surface area contributed by atoms with Gasteiger partial charge < -0.3 is 0 Å². The number of thiophene rings is 1. The Labute approximate surface area is 152 Å². The normalized spacial score (nSPS) is 11.1. The van der Waals surface area contributed by atoms with E-state index in [9.17, 15) is 15.3 Å². The number of benzene rings is 1. The molecule has 0 aliphatic carbocycles. The van der Waals surface area contributed by atoms with Crippen molar-refractivity contribution in [1.82, 2.24) is 4.57 Å². The Morgan fingerprint density at radius 2 is 1.92 bits per heavy atom. The first-order chi connectivity index (χ1) is 12.2. The van der Waals surface area contributed by atoms with Gasteiger partial charge in [0.15, 0.2) is 5.57 Å². The van der Waals surface area contributed by atoms with Crippen LogP contribution in [0.2, 0.25) is 0 Å². The van der Waals surface area contributed by atoms with E-state index in [2.05, 4.69) is 6.92 Å². The van der Waals surface area contributed by atoms with Crippen LogP contribution in [0.3, 0.4) is 0 Å². The standard InChI is InChI=1S/C19H13N3OS2/c1-2-13-3-5-16(6-4-13)22-18(23)17(9-14-7-8-24-12-14)25-19(22)15(10-20)11-21/h3-9,12H,2H2,1H3/b17-9-. The number of rotatable bonds is 3. The highest BCUT2D eigenvalue weighted by molar-refractivity contribution is 7.08. The molecule has 0 fully saturated rings. The predicted molar refractivity (Wildman–Crippen MR) is 101 cm³/mol. The summed E-state index contributed by atoms with van der Waals surface area (Å²) >= 11 is 2.71. The molecule has 6 heteroatoms. The third-order valence-corrected chi connectivity index (χ3v) is 5.50. The molecule has 0 aliphatic heterocycles. The van der Waals surface area contributed by atoms with Crippen LogP contribution in [0.15, 0.2) is 45.9 Å². The first kappa shape index (κ1) is 16.9. The summed E-state index contributed by atoms with van der Waals surface area (Å²) in [6.07, 6.45) is 2.69. The highest BCUT2D eigenvalue weighted by atomic mass is 32.1. The van der Waals surface area contributed by atoms with E-state index in [-0.39, 0.29) is 11.1 Å². The van der Waals surface area contributed by atoms with E-state index < -0.39 is 0 Å². The summed E-state index contributed by atoms with van der Waals surface area (Å²) in [5, 5.41) is 22.4. The molecular weight excluding hydrogens is 350 g/mol. The van der Waals surface area contributed by atoms with Crippen molar-refractivity contribution < 1.29 is 0 Å². The molecule has 3 rings (SSSR count). The second-order valence-corrected chi connectivity index (χ2v) is 7.04. The molecule has 25 heavy (non-hydrogen) atoms. The van der Waals surface area contributed by atoms with Crippen LogP contribution in [0.4, 0.5) is 0 Å². The maximum atomic E-state index is 12.9. The number of nitriles is 2. The highest BCUT2D eigenvalue weighted by Crippen LogP contribution is 2.09. The lowest BCUT2D eigenvalue weighted by molar-refractivity contribution is 0.983. The van der Waals surface area contributed by atoms with Crippen LogP contribution in [-0.4, -0.2) is 4.57 Å². The molecule has 0 aliphatic rings. The number of hydrogen-bond acceptors (Lipinski definition) is 5. The van der Waals surface area contributed by atoms with Crippen LogP contribution >= 0.6 is 22.7 Å². The summed E-state index contributed by atoms with van der Waals surface area (Å²) in [4.78, 5) is 12.9. The Hall–Kier alpha value is -2.93. The SMILES string of the molecule is CCc1ccc(-n2c(=C(C#N)C#N)s/c(=C\c3ccsc3)c2=O)cc1. The molecule has 0 bridgehead atoms. The maximum Gasteiger partial charge on any atom is 0.273 e. The van der Waals surface area contributed by atoms with Crippen LogP contribution in [0.25, 0.3) is 17.3 Å². The number of nitrogens with zero attached hydrogens (tertiary/aromatic N) is 3. The average molecular weight is 363 g/mol. The number of hydrogen-bond donors (Lipinski definition) is 0. The van der Waals surface area contributed by atoms with Crippen molar-refractivity contribution in [3.63, 3.8) is 0 Å². The van der Waals surface area contributed by atoms with Gasteiger partial charge in [-0.15, -0.1) is 11.3 Å². The highest BCUT2D eigenvalue weighted by Gasteiger charge is 2.11. The molecule has 0 unspecified atom stereocenters. The smallest absolute Gasteiger partial charge is 0.267 e. The predicted octanol–water partition coefficient (Wildman–Crippen LogP) is 2.55. The Kier molecular flexibility index (Phi) is 4.95. The van der Waals surface area contributed by atoms with Crippen molar-refractivity contribution in [2.75, 3.05) is 0 Å². The first-order valence-corrected chi connectivity index (χ1v) is 9.33. The zero-order valence-electron chi connectivity index (χ0n) is 13.4. The van der Waals surface area contributed by atoms with Gasteiger partial charge in [-0.05, 0) is 52.6 Å². The van der Waals surface area contributed by atoms with Crippen molar-refractivity contribution >= 4 is 34.3 Å². The van der Waals surface area contributed by atoms with Gasteiger partial charge in [0.1, 0.15) is 16.8 Å². The third-order valence-electron chi connectivity index (χ3n) is 3.70. The Morgan fingerprint density at radius 1 is 1.20 bits per heavy atom. The zero-order chi connectivity index (χ0) is 17.8. The van der Waals surface area contributed by atoms with Crippen LogP contribution < -0.4 is 14.8 Å². The minimum atomic E-state index is -0.224. The fraction of sp³-hybridized carbons (Fsp3) is 0.105. The quantitative estimate of drug-likeness (QED) is 0.718. The second-order valence-electron chi connectivity index (χ2n) is 5.23. The van der Waals surface area contributed by atoms with Crippen molar-refractivity contribution in [2.45, 2.75) is 13.3 Å². The molecule has 0 N–H and O–H groups in total. The van der Waals surface area contributed by atoms with E-state index in [1.165, 1.54) is 4.57 Å². The molecule has 4 nitrogen and oxygen atoms in total. The van der Waals surface area contributed by atoms with Crippen molar-refractivity contribution in [3.05, 3.63) is 71.8 Å². The van der Waals surface area contributed by atoms with Crippen LogP contribution in [0.5, 0.6) is 0 Å². The van der Waals surface area contributed by atoms with E-state index in [1.54, 1.807) is 17.4 Å². The van der Waals surface area contributed by atoms with E-state index in [0.717, 1.165) is 28.9 Å². The van der Waals surface area contributed by atoms with Gasteiger partial charge in [-0.2, -0.15) is 21.9 Å². The summed E-state index contributed by atoms with van der Waals surface area (Å²) < 4.78 is 2.31. The molecule has 0 saturated heterocycles. The van der Waals surface area contributed by atoms with Crippen molar-refractivity contribution in [3.8, 4) is 17.8 Å². The molecular formula is C19H13N3OS2. The van der Waals surface area contributed by atoms with Gasteiger partial charge in [-0.25, -0.2) is 0 Å². The Bertz CT molecular complexity index is 1140. The van der Waals surface area contributed by atoms with Gasteiger partial charge in [0.05, 0.1) is 10.2 Å². The van der Waals surface area contributed by atoms with Gasteiger partial charge in [-0.1, -0.05) is 19.1 Å².